The molecule has 22 valence electrons. The Morgan fingerprint density at radius 1 is 2.00 bits per heavy atom. The molecule has 0 atom stereocenters. The second kappa shape index (κ2) is 8.83. The molecule has 1 nitrogen and oxygen atoms in total. The summed E-state index contributed by atoms with van der Waals surface area (Å²) in [6, 6.07) is 0. The largest absolute Gasteiger partial charge is 1.00 e. The first-order valence-electron chi connectivity index (χ1n) is 1.05. The van der Waals surface area contributed by atoms with E-state index < -0.39 is 0 Å². The van der Waals surface area contributed by atoms with Crippen molar-refractivity contribution in [3.8, 4) is 0 Å². The molecule has 0 aromatic carbocycles. The summed E-state index contributed by atoms with van der Waals surface area (Å²) < 4.78 is 0. The zero-order valence-electron chi connectivity index (χ0n) is 4.27. The van der Waals surface area contributed by atoms with Crippen molar-refractivity contribution in [3.05, 3.63) is 0 Å². The minimum Gasteiger partial charge on any atom is -1.00 e. The molecule has 0 saturated carbocycles. The predicted molar refractivity (Wildman–Crippen MR) is 17.7 cm³/mol. The van der Waals surface area contributed by atoms with Gasteiger partial charge in [0.05, 0.1) is 7.85 Å². The molecule has 0 heterocycles. The number of carbonyl (C=O) groups is 1. The van der Waals surface area contributed by atoms with Gasteiger partial charge in [-0.1, -0.05) is 0 Å². The zero-order valence-corrected chi connectivity index (χ0v) is 5.27. The van der Waals surface area contributed by atoms with Gasteiger partial charge in [-0.25, -0.2) is 0 Å². The number of rotatable bonds is 1. The number of hydrogen-bond acceptors (Lipinski definition) is 1. The van der Waals surface area contributed by atoms with Crippen molar-refractivity contribution in [3.63, 3.8) is 0 Å². The van der Waals surface area contributed by atoms with E-state index in [2.05, 4.69) is 7.85 Å². The minimum atomic E-state index is 0. The van der Waals surface area contributed by atoms with Crippen LogP contribution in [0.15, 0.2) is 0 Å². The zero-order chi connectivity index (χ0) is 3.41. The fraction of sp³-hybridized carbons (Fsp3) is 0.500. The normalized spacial score (nSPS) is 4.80. The van der Waals surface area contributed by atoms with Crippen molar-refractivity contribution >= 4 is 14.1 Å². The Morgan fingerprint density at radius 2 is 2.20 bits per heavy atom. The molecular weight excluding hydrogens is 73.8 g/mol. The second-order valence-electron chi connectivity index (χ2n) is 0.402. The van der Waals surface area contributed by atoms with Gasteiger partial charge in [0.1, 0.15) is 6.29 Å². The molecule has 0 N–H and O–H groups in total. The van der Waals surface area contributed by atoms with E-state index in [9.17, 15) is 0 Å². The molecule has 0 spiro atoms. The summed E-state index contributed by atoms with van der Waals surface area (Å²) >= 11 is 0. The van der Waals surface area contributed by atoms with Crippen molar-refractivity contribution in [2.24, 2.45) is 0 Å². The van der Waals surface area contributed by atoms with E-state index in [1.807, 2.05) is 0 Å². The SMILES string of the molecule is [B]CC=O.[H-].[Na+]. The number of carbonyl (C=O) groups excluding carboxylic acids is 1. The van der Waals surface area contributed by atoms with Gasteiger partial charge in [-0.05, 0) is 6.32 Å². The number of aldehydes is 1. The van der Waals surface area contributed by atoms with Crippen LogP contribution < -0.4 is 29.6 Å². The van der Waals surface area contributed by atoms with Crippen LogP contribution in [0.4, 0.5) is 0 Å². The summed E-state index contributed by atoms with van der Waals surface area (Å²) in [6.45, 7) is 0. The standard InChI is InChI=1S/C2H3BO.Na.H/c3-1-2-4;;/h2H,1H2;;/q;+1;-1. The fourth-order valence-corrected chi connectivity index (χ4v) is 0. The average molecular weight is 77.9 g/mol. The van der Waals surface area contributed by atoms with Crippen LogP contribution in [0.5, 0.6) is 0 Å². The third-order valence-corrected chi connectivity index (χ3v) is 0.0962. The Hall–Kier alpha value is 0.735. The molecule has 0 aliphatic heterocycles. The molecule has 0 saturated heterocycles. The van der Waals surface area contributed by atoms with Crippen LogP contribution in [0.2, 0.25) is 6.32 Å². The van der Waals surface area contributed by atoms with Crippen molar-refractivity contribution in [1.82, 2.24) is 0 Å². The molecule has 0 aliphatic carbocycles. The predicted octanol–water partition coefficient (Wildman–Crippen LogP) is -3.11. The Labute approximate surface area is 56.3 Å². The summed E-state index contributed by atoms with van der Waals surface area (Å²) in [5, 5.41) is 0. The van der Waals surface area contributed by atoms with Crippen LogP contribution in [-0.4, -0.2) is 14.1 Å². The molecule has 3 heteroatoms. The van der Waals surface area contributed by atoms with E-state index in [0.717, 1.165) is 0 Å². The van der Waals surface area contributed by atoms with Gasteiger partial charge < -0.3 is 6.22 Å². The molecule has 0 rings (SSSR count). The van der Waals surface area contributed by atoms with Gasteiger partial charge in [-0.2, -0.15) is 0 Å². The van der Waals surface area contributed by atoms with Crippen LogP contribution in [0.25, 0.3) is 0 Å². The summed E-state index contributed by atoms with van der Waals surface area (Å²) in [4.78, 5) is 9.05. The molecule has 0 bridgehead atoms. The molecule has 0 aromatic heterocycles. The molecule has 0 unspecified atom stereocenters. The second-order valence-corrected chi connectivity index (χ2v) is 0.402. The van der Waals surface area contributed by atoms with E-state index in [4.69, 9.17) is 4.79 Å². The maximum atomic E-state index is 9.05. The van der Waals surface area contributed by atoms with E-state index in [0.29, 0.717) is 6.29 Å². The van der Waals surface area contributed by atoms with Crippen molar-refractivity contribution < 1.29 is 35.8 Å². The Morgan fingerprint density at radius 3 is 2.20 bits per heavy atom. The Bertz CT molecular complexity index is 27.5. The van der Waals surface area contributed by atoms with Gasteiger partial charge in [0.25, 0.3) is 0 Å². The molecule has 2 radical (unpaired) electrons. The van der Waals surface area contributed by atoms with Gasteiger partial charge in [0, 0.05) is 0 Å². The van der Waals surface area contributed by atoms with Crippen LogP contribution >= 0.6 is 0 Å². The minimum absolute atomic E-state index is 0. The monoisotopic (exact) mass is 78.0 g/mol. The van der Waals surface area contributed by atoms with Gasteiger partial charge in [-0.3, -0.25) is 0 Å². The summed E-state index contributed by atoms with van der Waals surface area (Å²) in [6.07, 6.45) is 0.792. The third kappa shape index (κ3) is 11.8. The van der Waals surface area contributed by atoms with Gasteiger partial charge in [0.2, 0.25) is 0 Å². The van der Waals surface area contributed by atoms with Gasteiger partial charge in [-0.15, -0.1) is 0 Å². The quantitative estimate of drug-likeness (QED) is 0.239. The smallest absolute Gasteiger partial charge is 1.00 e. The first kappa shape index (κ1) is 9.22. The van der Waals surface area contributed by atoms with Gasteiger partial charge >= 0.3 is 29.6 Å². The molecule has 0 aromatic rings. The Kier molecular flexibility index (Phi) is 16.3. The molecule has 0 amide bonds. The summed E-state index contributed by atoms with van der Waals surface area (Å²) in [5.41, 5.74) is 0. The van der Waals surface area contributed by atoms with Crippen LogP contribution in [0.3, 0.4) is 0 Å². The van der Waals surface area contributed by atoms with Crippen LogP contribution in [-0.2, 0) is 4.79 Å². The van der Waals surface area contributed by atoms with E-state index in [1.54, 1.807) is 0 Å². The van der Waals surface area contributed by atoms with Gasteiger partial charge in [0.15, 0.2) is 0 Å². The topological polar surface area (TPSA) is 17.1 Å². The van der Waals surface area contributed by atoms with E-state index >= 15 is 0 Å². The Balaban J connectivity index is -0.0000000450. The van der Waals surface area contributed by atoms with Crippen molar-refractivity contribution in [1.29, 1.82) is 0 Å². The molecule has 0 aliphatic rings. The van der Waals surface area contributed by atoms with Crippen LogP contribution in [0, 0.1) is 0 Å². The first-order valence-corrected chi connectivity index (χ1v) is 1.05. The van der Waals surface area contributed by atoms with E-state index in [-0.39, 0.29) is 37.3 Å². The maximum Gasteiger partial charge on any atom is 1.00 e. The summed E-state index contributed by atoms with van der Waals surface area (Å²) in [7, 11) is 4.66. The first-order chi connectivity index (χ1) is 1.91. The third-order valence-electron chi connectivity index (χ3n) is 0.0962. The average Bonchev–Trinajstić information content (AvgIpc) is 1.37. The maximum absolute atomic E-state index is 9.05. The molecular formula is C2H4BNaO. The van der Waals surface area contributed by atoms with Crippen molar-refractivity contribution in [2.75, 3.05) is 0 Å². The van der Waals surface area contributed by atoms with Crippen LogP contribution in [0.1, 0.15) is 1.43 Å². The number of hydrogen-bond donors (Lipinski definition) is 0. The molecule has 5 heavy (non-hydrogen) atoms. The van der Waals surface area contributed by atoms with E-state index in [1.165, 1.54) is 0 Å². The van der Waals surface area contributed by atoms with Crippen molar-refractivity contribution in [2.45, 2.75) is 6.32 Å². The summed E-state index contributed by atoms with van der Waals surface area (Å²) in [5.74, 6) is 0. The molecule has 0 fully saturated rings. The fourth-order valence-electron chi connectivity index (χ4n) is 0.